The Labute approximate surface area is 137 Å². The van der Waals surface area contributed by atoms with Crippen molar-refractivity contribution >= 4 is 11.6 Å². The highest BCUT2D eigenvalue weighted by molar-refractivity contribution is 5.86. The standard InChI is InChI=1S/C17H15F2N3O2/c18-13-7-11(9-20)8-14(19)16(13)22-5-1-4-15(22)17(23)21-10-12-3-2-6-24-12/h2-3,6-8,15H,1,4-5,10H2,(H,21,23)/t15-/m0/s1. The normalized spacial score (nSPS) is 16.9. The molecule has 124 valence electrons. The molecule has 1 N–H and O–H groups in total. The average molecular weight is 331 g/mol. The van der Waals surface area contributed by atoms with E-state index in [1.807, 2.05) is 0 Å². The van der Waals surface area contributed by atoms with Gasteiger partial charge in [0.15, 0.2) is 11.6 Å². The highest BCUT2D eigenvalue weighted by Gasteiger charge is 2.34. The Bertz CT molecular complexity index is 761. The van der Waals surface area contributed by atoms with Gasteiger partial charge in [-0.25, -0.2) is 8.78 Å². The number of furan rings is 1. The summed E-state index contributed by atoms with van der Waals surface area (Å²) < 4.78 is 33.6. The van der Waals surface area contributed by atoms with Gasteiger partial charge in [0.05, 0.1) is 24.4 Å². The maximum absolute atomic E-state index is 14.2. The molecule has 1 saturated heterocycles. The lowest BCUT2D eigenvalue weighted by Gasteiger charge is -2.26. The molecule has 7 heteroatoms. The molecule has 0 saturated carbocycles. The lowest BCUT2D eigenvalue weighted by Crippen LogP contribution is -2.43. The fourth-order valence-corrected chi connectivity index (χ4v) is 2.92. The maximum Gasteiger partial charge on any atom is 0.243 e. The molecule has 24 heavy (non-hydrogen) atoms. The number of rotatable bonds is 4. The van der Waals surface area contributed by atoms with Gasteiger partial charge in [0.2, 0.25) is 5.91 Å². The van der Waals surface area contributed by atoms with Crippen molar-refractivity contribution in [3.63, 3.8) is 0 Å². The second-order valence-corrected chi connectivity index (χ2v) is 5.55. The predicted octanol–water partition coefficient (Wildman–Crippen LogP) is 2.71. The fraction of sp³-hybridized carbons (Fsp3) is 0.294. The van der Waals surface area contributed by atoms with Crippen molar-refractivity contribution < 1.29 is 18.0 Å². The van der Waals surface area contributed by atoms with Crippen LogP contribution in [0, 0.1) is 23.0 Å². The molecule has 0 spiro atoms. The predicted molar refractivity (Wildman–Crippen MR) is 82.0 cm³/mol. The minimum atomic E-state index is -0.836. The molecule has 1 aromatic carbocycles. The molecular formula is C17H15F2N3O2. The number of carbonyl (C=O) groups is 1. The van der Waals surface area contributed by atoms with Gasteiger partial charge in [0.25, 0.3) is 0 Å². The van der Waals surface area contributed by atoms with E-state index < -0.39 is 17.7 Å². The van der Waals surface area contributed by atoms with E-state index in [0.29, 0.717) is 25.1 Å². The molecule has 1 aliphatic heterocycles. The molecule has 1 aromatic heterocycles. The van der Waals surface area contributed by atoms with Crippen molar-refractivity contribution in [2.75, 3.05) is 11.4 Å². The van der Waals surface area contributed by atoms with Gasteiger partial charge in [-0.15, -0.1) is 0 Å². The molecule has 0 unspecified atom stereocenters. The molecule has 0 aliphatic carbocycles. The zero-order valence-corrected chi connectivity index (χ0v) is 12.8. The van der Waals surface area contributed by atoms with Gasteiger partial charge < -0.3 is 14.6 Å². The van der Waals surface area contributed by atoms with Crippen molar-refractivity contribution in [3.8, 4) is 6.07 Å². The second-order valence-electron chi connectivity index (χ2n) is 5.55. The second kappa shape index (κ2) is 6.71. The van der Waals surface area contributed by atoms with Gasteiger partial charge in [-0.2, -0.15) is 5.26 Å². The van der Waals surface area contributed by atoms with Crippen LogP contribution in [0.2, 0.25) is 0 Å². The van der Waals surface area contributed by atoms with Gasteiger partial charge in [-0.3, -0.25) is 4.79 Å². The van der Waals surface area contributed by atoms with E-state index >= 15 is 0 Å². The van der Waals surface area contributed by atoms with Crippen LogP contribution in [0.3, 0.4) is 0 Å². The maximum atomic E-state index is 14.2. The van der Waals surface area contributed by atoms with Crippen LogP contribution < -0.4 is 10.2 Å². The smallest absolute Gasteiger partial charge is 0.243 e. The third-order valence-corrected chi connectivity index (χ3v) is 4.01. The highest BCUT2D eigenvalue weighted by atomic mass is 19.1. The first-order chi connectivity index (χ1) is 11.6. The first-order valence-electron chi connectivity index (χ1n) is 7.56. The van der Waals surface area contributed by atoms with Crippen LogP contribution in [0.4, 0.5) is 14.5 Å². The van der Waals surface area contributed by atoms with Crippen LogP contribution in [0.1, 0.15) is 24.2 Å². The number of nitrogens with zero attached hydrogens (tertiary/aromatic N) is 2. The van der Waals surface area contributed by atoms with Crippen molar-refractivity contribution in [2.45, 2.75) is 25.4 Å². The highest BCUT2D eigenvalue weighted by Crippen LogP contribution is 2.31. The lowest BCUT2D eigenvalue weighted by molar-refractivity contribution is -0.122. The van der Waals surface area contributed by atoms with Gasteiger partial charge in [0.1, 0.15) is 17.5 Å². The molecule has 2 heterocycles. The average Bonchev–Trinajstić information content (AvgIpc) is 3.23. The molecule has 5 nitrogen and oxygen atoms in total. The van der Waals surface area contributed by atoms with Crippen molar-refractivity contribution in [2.24, 2.45) is 0 Å². The number of nitrogens with one attached hydrogen (secondary N) is 1. The van der Waals surface area contributed by atoms with E-state index in [-0.39, 0.29) is 23.7 Å². The molecule has 1 aliphatic rings. The number of carbonyl (C=O) groups excluding carboxylic acids is 1. The van der Waals surface area contributed by atoms with Crippen LogP contribution in [0.25, 0.3) is 0 Å². The Morgan fingerprint density at radius 1 is 1.42 bits per heavy atom. The fourth-order valence-electron chi connectivity index (χ4n) is 2.92. The molecule has 2 aromatic rings. The van der Waals surface area contributed by atoms with E-state index in [2.05, 4.69) is 5.32 Å². The number of nitriles is 1. The summed E-state index contributed by atoms with van der Waals surface area (Å²) in [7, 11) is 0. The van der Waals surface area contributed by atoms with Crippen molar-refractivity contribution in [1.29, 1.82) is 5.26 Å². The van der Waals surface area contributed by atoms with E-state index in [1.165, 1.54) is 11.2 Å². The number of anilines is 1. The molecule has 1 amide bonds. The number of hydrogen-bond acceptors (Lipinski definition) is 4. The van der Waals surface area contributed by atoms with E-state index in [1.54, 1.807) is 18.2 Å². The summed E-state index contributed by atoms with van der Waals surface area (Å²) in [5.74, 6) is -1.38. The Morgan fingerprint density at radius 2 is 2.17 bits per heavy atom. The number of halogens is 2. The summed E-state index contributed by atoms with van der Waals surface area (Å²) in [5.41, 5.74) is -0.351. The molecule has 0 bridgehead atoms. The monoisotopic (exact) mass is 331 g/mol. The SMILES string of the molecule is N#Cc1cc(F)c(N2CCC[C@H]2C(=O)NCc2ccco2)c(F)c1. The van der Waals surface area contributed by atoms with Crippen molar-refractivity contribution in [1.82, 2.24) is 5.32 Å². The summed E-state index contributed by atoms with van der Waals surface area (Å²) in [6.45, 7) is 0.590. The van der Waals surface area contributed by atoms with Gasteiger partial charge >= 0.3 is 0 Å². The first kappa shape index (κ1) is 16.0. The summed E-state index contributed by atoms with van der Waals surface area (Å²) in [5, 5.41) is 11.5. The third-order valence-electron chi connectivity index (χ3n) is 4.01. The molecule has 0 radical (unpaired) electrons. The topological polar surface area (TPSA) is 69.3 Å². The Kier molecular flexibility index (Phi) is 4.47. The van der Waals surface area contributed by atoms with Gasteiger partial charge in [-0.1, -0.05) is 0 Å². The molecule has 3 rings (SSSR count). The van der Waals surface area contributed by atoms with E-state index in [9.17, 15) is 13.6 Å². The van der Waals surface area contributed by atoms with Crippen LogP contribution in [0.5, 0.6) is 0 Å². The lowest BCUT2D eigenvalue weighted by atomic mass is 10.1. The molecule has 1 fully saturated rings. The third kappa shape index (κ3) is 3.08. The molecular weight excluding hydrogens is 316 g/mol. The number of amides is 1. The zero-order valence-electron chi connectivity index (χ0n) is 12.8. The Hall–Kier alpha value is -2.88. The summed E-state index contributed by atoms with van der Waals surface area (Å²) in [4.78, 5) is 13.8. The largest absolute Gasteiger partial charge is 0.467 e. The van der Waals surface area contributed by atoms with Gasteiger partial charge in [0, 0.05) is 6.54 Å². The van der Waals surface area contributed by atoms with E-state index in [0.717, 1.165) is 12.1 Å². The van der Waals surface area contributed by atoms with Crippen LogP contribution in [-0.2, 0) is 11.3 Å². The Balaban J connectivity index is 1.78. The summed E-state index contributed by atoms with van der Waals surface area (Å²) >= 11 is 0. The van der Waals surface area contributed by atoms with Crippen LogP contribution >= 0.6 is 0 Å². The quantitative estimate of drug-likeness (QED) is 0.935. The summed E-state index contributed by atoms with van der Waals surface area (Å²) in [6.07, 6.45) is 2.66. The van der Waals surface area contributed by atoms with Crippen LogP contribution in [-0.4, -0.2) is 18.5 Å². The van der Waals surface area contributed by atoms with Crippen molar-refractivity contribution in [3.05, 3.63) is 53.5 Å². The Morgan fingerprint density at radius 3 is 2.79 bits per heavy atom. The minimum absolute atomic E-state index is 0.0910. The number of benzene rings is 1. The molecule has 1 atom stereocenters. The zero-order chi connectivity index (χ0) is 17.1. The summed E-state index contributed by atoms with van der Waals surface area (Å²) in [6, 6.07) is 6.46. The number of hydrogen-bond donors (Lipinski definition) is 1. The van der Waals surface area contributed by atoms with Crippen LogP contribution in [0.15, 0.2) is 34.9 Å². The first-order valence-corrected chi connectivity index (χ1v) is 7.56. The van der Waals surface area contributed by atoms with E-state index in [4.69, 9.17) is 9.68 Å². The van der Waals surface area contributed by atoms with Gasteiger partial charge in [-0.05, 0) is 37.1 Å². The minimum Gasteiger partial charge on any atom is -0.467 e.